The Morgan fingerprint density at radius 3 is 1.44 bits per heavy atom. The summed E-state index contributed by atoms with van der Waals surface area (Å²) in [6, 6.07) is 11.7. The van der Waals surface area contributed by atoms with Gasteiger partial charge in [0, 0.05) is 12.1 Å². The lowest BCUT2D eigenvalue weighted by Crippen LogP contribution is -2.03. The van der Waals surface area contributed by atoms with Crippen LogP contribution >= 0.6 is 0 Å². The summed E-state index contributed by atoms with van der Waals surface area (Å²) in [7, 11) is 2.70. The van der Waals surface area contributed by atoms with Gasteiger partial charge in [-0.2, -0.15) is 0 Å². The Bertz CT molecular complexity index is 1230. The van der Waals surface area contributed by atoms with Crippen molar-refractivity contribution in [2.45, 2.75) is 13.2 Å². The highest BCUT2D eigenvalue weighted by Crippen LogP contribution is 2.36. The molecule has 0 aliphatic heterocycles. The zero-order valence-electron chi connectivity index (χ0n) is 19.2. The second-order valence-electron chi connectivity index (χ2n) is 7.27. The molecule has 3 aromatic rings. The minimum atomic E-state index is -0.686. The van der Waals surface area contributed by atoms with Gasteiger partial charge in [-0.25, -0.2) is 0 Å². The van der Waals surface area contributed by atoms with E-state index in [2.05, 4.69) is 0 Å². The monoisotopic (exact) mass is 496 g/mol. The van der Waals surface area contributed by atoms with Crippen LogP contribution in [0.25, 0.3) is 0 Å². The molecule has 0 heterocycles. The Labute approximate surface area is 204 Å². The summed E-state index contributed by atoms with van der Waals surface area (Å²) in [5.41, 5.74) is 0.280. The Morgan fingerprint density at radius 1 is 0.694 bits per heavy atom. The van der Waals surface area contributed by atoms with Gasteiger partial charge in [0.15, 0.2) is 35.6 Å². The first-order valence-electron chi connectivity index (χ1n) is 10.3. The highest BCUT2D eigenvalue weighted by atomic mass is 16.6. The topological polar surface area (TPSA) is 157 Å². The average molecular weight is 496 g/mol. The van der Waals surface area contributed by atoms with E-state index in [1.54, 1.807) is 24.3 Å². The predicted octanol–water partition coefficient (Wildman–Crippen LogP) is 4.30. The third-order valence-corrected chi connectivity index (χ3v) is 5.05. The maximum absolute atomic E-state index is 11.3. The van der Waals surface area contributed by atoms with E-state index >= 15 is 0 Å². The van der Waals surface area contributed by atoms with Crippen molar-refractivity contribution >= 4 is 23.9 Å². The molecule has 0 saturated carbocycles. The summed E-state index contributed by atoms with van der Waals surface area (Å²) in [5.74, 6) is 0.497. The molecule has 12 heteroatoms. The number of aldehydes is 2. The van der Waals surface area contributed by atoms with Crippen molar-refractivity contribution in [3.8, 4) is 23.0 Å². The van der Waals surface area contributed by atoms with Gasteiger partial charge in [-0.1, -0.05) is 18.2 Å². The smallest absolute Gasteiger partial charge is 0.283 e. The first-order chi connectivity index (χ1) is 17.3. The second kappa shape index (κ2) is 11.4. The van der Waals surface area contributed by atoms with Gasteiger partial charge >= 0.3 is 0 Å². The number of carbonyl (C=O) groups excluding carboxylic acids is 2. The Morgan fingerprint density at radius 2 is 1.11 bits per heavy atom. The van der Waals surface area contributed by atoms with Crippen molar-refractivity contribution in [1.29, 1.82) is 0 Å². The molecular formula is C24H20N2O10. The molecule has 0 aliphatic rings. The summed E-state index contributed by atoms with van der Waals surface area (Å²) in [6.07, 6.45) is 0.730. The van der Waals surface area contributed by atoms with E-state index < -0.39 is 21.2 Å². The average Bonchev–Trinajstić information content (AvgIpc) is 2.89. The predicted molar refractivity (Wildman–Crippen MR) is 125 cm³/mol. The van der Waals surface area contributed by atoms with E-state index in [4.69, 9.17) is 18.9 Å². The molecule has 3 rings (SSSR count). The lowest BCUT2D eigenvalue weighted by Gasteiger charge is -2.13. The highest BCUT2D eigenvalue weighted by molar-refractivity contribution is 5.84. The van der Waals surface area contributed by atoms with Crippen molar-refractivity contribution < 1.29 is 38.4 Å². The fourth-order valence-electron chi connectivity index (χ4n) is 3.31. The van der Waals surface area contributed by atoms with Gasteiger partial charge in [0.1, 0.15) is 13.2 Å². The number of rotatable bonds is 12. The molecule has 0 aliphatic carbocycles. The Hall–Kier alpha value is -5.00. The number of ether oxygens (including phenoxy) is 4. The Kier molecular flexibility index (Phi) is 8.13. The quantitative estimate of drug-likeness (QED) is 0.201. The molecule has 0 fully saturated rings. The molecule has 12 nitrogen and oxygen atoms in total. The fourth-order valence-corrected chi connectivity index (χ4v) is 3.31. The molecule has 0 amide bonds. The molecule has 0 saturated heterocycles. The Balaban J connectivity index is 1.77. The van der Waals surface area contributed by atoms with E-state index in [-0.39, 0.29) is 47.3 Å². The molecule has 0 aromatic heterocycles. The van der Waals surface area contributed by atoms with Crippen LogP contribution < -0.4 is 18.9 Å². The minimum absolute atomic E-state index is 0.0185. The number of nitro benzene ring substituents is 2. The molecule has 0 spiro atoms. The van der Waals surface area contributed by atoms with Crippen LogP contribution in [0.1, 0.15) is 31.8 Å². The number of carbonyl (C=O) groups is 2. The van der Waals surface area contributed by atoms with Crippen LogP contribution in [0.2, 0.25) is 0 Å². The van der Waals surface area contributed by atoms with Crippen molar-refractivity contribution in [3.63, 3.8) is 0 Å². The number of hydrogen-bond donors (Lipinski definition) is 0. The van der Waals surface area contributed by atoms with Crippen molar-refractivity contribution in [2.24, 2.45) is 0 Å². The zero-order valence-corrected chi connectivity index (χ0v) is 19.2. The van der Waals surface area contributed by atoms with Gasteiger partial charge in [-0.15, -0.1) is 0 Å². The van der Waals surface area contributed by atoms with Crippen LogP contribution in [0.3, 0.4) is 0 Å². The van der Waals surface area contributed by atoms with Gasteiger partial charge < -0.3 is 18.9 Å². The van der Waals surface area contributed by atoms with Gasteiger partial charge in [-0.3, -0.25) is 29.8 Å². The lowest BCUT2D eigenvalue weighted by atomic mass is 10.1. The normalized spacial score (nSPS) is 10.3. The molecule has 0 atom stereocenters. The molecular weight excluding hydrogens is 476 g/mol. The standard InChI is InChI=1S/C24H20N2O10/c1-33-21-7-17(11-27)19(25(29)30)9-23(21)35-13-15-4-3-5-16(6-15)14-36-24-10-20(26(31)32)18(12-28)8-22(24)34-2/h3-12H,13-14H2,1-2H3. The summed E-state index contributed by atoms with van der Waals surface area (Å²) in [4.78, 5) is 43.4. The SMILES string of the molecule is COc1cc(C=O)c([N+](=O)[O-])cc1OCc1cccc(COc2cc([N+](=O)[O-])c(C=O)cc2OC)c1. The summed E-state index contributed by atoms with van der Waals surface area (Å²) in [6.45, 7) is 0.0369. The number of nitrogens with zero attached hydrogens (tertiary/aromatic N) is 2. The van der Waals surface area contributed by atoms with Gasteiger partial charge in [-0.05, 0) is 17.2 Å². The molecule has 186 valence electrons. The molecule has 0 unspecified atom stereocenters. The summed E-state index contributed by atoms with van der Waals surface area (Å²) in [5, 5.41) is 22.5. The van der Waals surface area contributed by atoms with E-state index in [1.165, 1.54) is 26.4 Å². The van der Waals surface area contributed by atoms with Gasteiger partial charge in [0.05, 0.1) is 47.3 Å². The van der Waals surface area contributed by atoms with E-state index in [0.717, 1.165) is 12.1 Å². The number of hydrogen-bond acceptors (Lipinski definition) is 10. The van der Waals surface area contributed by atoms with E-state index in [1.807, 2.05) is 0 Å². The van der Waals surface area contributed by atoms with Crippen LogP contribution in [0.4, 0.5) is 11.4 Å². The zero-order chi connectivity index (χ0) is 26.2. The van der Waals surface area contributed by atoms with Gasteiger partial charge in [0.2, 0.25) is 0 Å². The van der Waals surface area contributed by atoms with E-state index in [0.29, 0.717) is 23.7 Å². The summed E-state index contributed by atoms with van der Waals surface area (Å²) < 4.78 is 21.8. The third-order valence-electron chi connectivity index (χ3n) is 5.05. The number of methoxy groups -OCH3 is 2. The molecule has 0 radical (unpaired) electrons. The largest absolute Gasteiger partial charge is 0.493 e. The van der Waals surface area contributed by atoms with Crippen LogP contribution in [-0.2, 0) is 13.2 Å². The maximum Gasteiger partial charge on any atom is 0.283 e. The number of benzene rings is 3. The maximum atomic E-state index is 11.3. The second-order valence-corrected chi connectivity index (χ2v) is 7.27. The van der Waals surface area contributed by atoms with Crippen LogP contribution in [0.5, 0.6) is 23.0 Å². The van der Waals surface area contributed by atoms with Crippen LogP contribution in [-0.4, -0.2) is 36.6 Å². The molecule has 3 aromatic carbocycles. The fraction of sp³-hybridized carbons (Fsp3) is 0.167. The van der Waals surface area contributed by atoms with Crippen LogP contribution in [0, 0.1) is 20.2 Å². The molecule has 36 heavy (non-hydrogen) atoms. The first kappa shape index (κ1) is 25.6. The van der Waals surface area contributed by atoms with Crippen molar-refractivity contribution in [1.82, 2.24) is 0 Å². The van der Waals surface area contributed by atoms with Crippen molar-refractivity contribution in [3.05, 3.63) is 91.0 Å². The molecule has 0 bridgehead atoms. The highest BCUT2D eigenvalue weighted by Gasteiger charge is 2.21. The molecule has 0 N–H and O–H groups in total. The van der Waals surface area contributed by atoms with E-state index in [9.17, 15) is 29.8 Å². The number of nitro groups is 2. The lowest BCUT2D eigenvalue weighted by molar-refractivity contribution is -0.385. The third kappa shape index (κ3) is 5.73. The van der Waals surface area contributed by atoms with Crippen LogP contribution in [0.15, 0.2) is 48.5 Å². The van der Waals surface area contributed by atoms with Gasteiger partial charge in [0.25, 0.3) is 11.4 Å². The van der Waals surface area contributed by atoms with Crippen molar-refractivity contribution in [2.75, 3.05) is 14.2 Å². The first-order valence-corrected chi connectivity index (χ1v) is 10.3. The summed E-state index contributed by atoms with van der Waals surface area (Å²) >= 11 is 0. The minimum Gasteiger partial charge on any atom is -0.493 e.